The first kappa shape index (κ1) is 28.1. The average Bonchev–Trinajstić information content (AvgIpc) is 3.44. The lowest BCUT2D eigenvalue weighted by Crippen LogP contribution is -2.31. The second-order valence-electron chi connectivity index (χ2n) is 9.03. The topological polar surface area (TPSA) is 109 Å². The van der Waals surface area contributed by atoms with Gasteiger partial charge in [0.25, 0.3) is 5.91 Å². The fourth-order valence-electron chi connectivity index (χ4n) is 4.59. The monoisotopic (exact) mass is 595 g/mol. The number of aromatic nitrogens is 3. The van der Waals surface area contributed by atoms with Gasteiger partial charge in [-0.3, -0.25) is 4.79 Å². The number of nitrogens with one attached hydrogen (secondary N) is 2. The van der Waals surface area contributed by atoms with Gasteiger partial charge in [0, 0.05) is 28.4 Å². The summed E-state index contributed by atoms with van der Waals surface area (Å²) in [4.78, 5) is 18.2. The van der Waals surface area contributed by atoms with E-state index in [1.807, 2.05) is 36.4 Å². The molecule has 1 aromatic heterocycles. The number of hydrogen-bond acceptors (Lipinski definition) is 8. The number of halogens is 2. The number of hydrogen-bond donors (Lipinski definition) is 2. The maximum Gasteiger partial charge on any atom is 0.255 e. The van der Waals surface area contributed by atoms with E-state index < -0.39 is 6.04 Å². The Hall–Kier alpha value is -4.41. The Balaban J connectivity index is 1.50. The summed E-state index contributed by atoms with van der Waals surface area (Å²) >= 11 is 12.5. The molecule has 0 fully saturated rings. The van der Waals surface area contributed by atoms with E-state index in [-0.39, 0.29) is 12.5 Å². The van der Waals surface area contributed by atoms with Crippen LogP contribution in [0.1, 0.15) is 24.1 Å². The second-order valence-corrected chi connectivity index (χ2v) is 9.84. The molecule has 10 nitrogen and oxygen atoms in total. The molecule has 1 amide bonds. The molecule has 0 bridgehead atoms. The van der Waals surface area contributed by atoms with Gasteiger partial charge in [-0.05, 0) is 30.7 Å². The molecule has 0 saturated heterocycles. The van der Waals surface area contributed by atoms with Crippen molar-refractivity contribution in [1.29, 1.82) is 0 Å². The van der Waals surface area contributed by atoms with Crippen molar-refractivity contribution >= 4 is 40.7 Å². The Kier molecular flexibility index (Phi) is 8.23. The first-order valence-electron chi connectivity index (χ1n) is 12.5. The van der Waals surface area contributed by atoms with Crippen LogP contribution in [-0.4, -0.2) is 42.0 Å². The second kappa shape index (κ2) is 12.0. The number of benzene rings is 3. The number of ether oxygens (including phenoxy) is 4. The number of fused-ring (bicyclic) bond motifs is 1. The van der Waals surface area contributed by atoms with Crippen molar-refractivity contribution < 1.29 is 23.7 Å². The van der Waals surface area contributed by atoms with Crippen molar-refractivity contribution in [2.45, 2.75) is 19.6 Å². The van der Waals surface area contributed by atoms with E-state index in [1.54, 1.807) is 36.9 Å². The van der Waals surface area contributed by atoms with E-state index in [0.717, 1.165) is 11.1 Å². The number of rotatable bonds is 9. The van der Waals surface area contributed by atoms with Gasteiger partial charge in [0.2, 0.25) is 5.95 Å². The summed E-state index contributed by atoms with van der Waals surface area (Å²) in [5, 5.41) is 11.5. The van der Waals surface area contributed by atoms with Gasteiger partial charge in [0.1, 0.15) is 30.5 Å². The number of anilines is 2. The molecule has 0 saturated carbocycles. The SMILES string of the molecule is COc1cc(NC(=O)C2=C(C)Nc3ncnn3[C@H]2c2ccc(OCc3ccccc3Cl)c(OC)c2)c(OC)cc1Cl. The summed E-state index contributed by atoms with van der Waals surface area (Å²) in [6.07, 6.45) is 1.43. The zero-order valence-corrected chi connectivity index (χ0v) is 24.2. The Morgan fingerprint density at radius 2 is 1.71 bits per heavy atom. The van der Waals surface area contributed by atoms with Crippen LogP contribution in [0.25, 0.3) is 0 Å². The van der Waals surface area contributed by atoms with Crippen molar-refractivity contribution in [3.63, 3.8) is 0 Å². The van der Waals surface area contributed by atoms with Crippen LogP contribution >= 0.6 is 23.2 Å². The predicted octanol–water partition coefficient (Wildman–Crippen LogP) is 6.12. The molecule has 2 N–H and O–H groups in total. The van der Waals surface area contributed by atoms with Crippen molar-refractivity contribution in [3.8, 4) is 23.0 Å². The minimum atomic E-state index is -0.638. The van der Waals surface area contributed by atoms with Crippen molar-refractivity contribution in [2.24, 2.45) is 0 Å². The van der Waals surface area contributed by atoms with E-state index >= 15 is 0 Å². The highest BCUT2D eigenvalue weighted by Crippen LogP contribution is 2.41. The molecule has 0 unspecified atom stereocenters. The third-order valence-corrected chi connectivity index (χ3v) is 7.27. The van der Waals surface area contributed by atoms with Crippen LogP contribution in [0.3, 0.4) is 0 Å². The first-order chi connectivity index (χ1) is 19.8. The number of allylic oxidation sites excluding steroid dienone is 1. The summed E-state index contributed by atoms with van der Waals surface area (Å²) in [5.74, 6) is 1.88. The highest BCUT2D eigenvalue weighted by molar-refractivity contribution is 6.32. The molecule has 5 rings (SSSR count). The smallest absolute Gasteiger partial charge is 0.255 e. The summed E-state index contributed by atoms with van der Waals surface area (Å²) in [5.41, 5.74) is 2.97. The summed E-state index contributed by atoms with van der Waals surface area (Å²) in [6.45, 7) is 2.06. The van der Waals surface area contributed by atoms with Crippen LogP contribution in [-0.2, 0) is 11.4 Å². The zero-order valence-electron chi connectivity index (χ0n) is 22.7. The van der Waals surface area contributed by atoms with E-state index in [9.17, 15) is 4.79 Å². The first-order valence-corrected chi connectivity index (χ1v) is 13.2. The molecule has 4 aromatic rings. The third-order valence-electron chi connectivity index (χ3n) is 6.61. The van der Waals surface area contributed by atoms with Crippen LogP contribution in [0.15, 0.2) is 72.2 Å². The van der Waals surface area contributed by atoms with E-state index in [4.69, 9.17) is 42.1 Å². The van der Waals surface area contributed by atoms with Crippen LogP contribution in [0.5, 0.6) is 23.0 Å². The van der Waals surface area contributed by atoms with Gasteiger partial charge in [-0.1, -0.05) is 47.5 Å². The standard InChI is InChI=1S/C29H27Cl2N5O5/c1-16-26(28(37)35-21-13-23(38-2)20(31)12-24(21)39-3)27(36-29(34-16)32-15-33-36)17-9-10-22(25(11-17)40-4)41-14-18-7-5-6-8-19(18)30/h5-13,15,27H,14H2,1-4H3,(H,35,37)(H,32,33,34)/t27-/m0/s1. The Morgan fingerprint density at radius 3 is 2.44 bits per heavy atom. The third kappa shape index (κ3) is 5.61. The Morgan fingerprint density at radius 1 is 0.951 bits per heavy atom. The lowest BCUT2D eigenvalue weighted by molar-refractivity contribution is -0.113. The van der Waals surface area contributed by atoms with Gasteiger partial charge in [-0.25, -0.2) is 4.68 Å². The molecule has 1 aliphatic heterocycles. The van der Waals surface area contributed by atoms with Gasteiger partial charge in [-0.15, -0.1) is 0 Å². The van der Waals surface area contributed by atoms with E-state index in [1.165, 1.54) is 20.5 Å². The highest BCUT2D eigenvalue weighted by atomic mass is 35.5. The molecule has 1 aliphatic rings. The lowest BCUT2D eigenvalue weighted by Gasteiger charge is -2.29. The average molecular weight is 596 g/mol. The van der Waals surface area contributed by atoms with Gasteiger partial charge >= 0.3 is 0 Å². The number of amides is 1. The summed E-state index contributed by atoms with van der Waals surface area (Å²) in [7, 11) is 4.54. The van der Waals surface area contributed by atoms with Crippen molar-refractivity contribution in [1.82, 2.24) is 14.8 Å². The molecule has 12 heteroatoms. The van der Waals surface area contributed by atoms with Crippen molar-refractivity contribution in [3.05, 3.63) is 93.4 Å². The predicted molar refractivity (Wildman–Crippen MR) is 156 cm³/mol. The molecule has 3 aromatic carbocycles. The Bertz CT molecular complexity index is 1640. The van der Waals surface area contributed by atoms with Gasteiger partial charge in [0.15, 0.2) is 11.5 Å². The molecule has 0 spiro atoms. The van der Waals surface area contributed by atoms with Crippen LogP contribution in [0.2, 0.25) is 10.0 Å². The molecule has 0 radical (unpaired) electrons. The molecular formula is C29H27Cl2N5O5. The number of nitrogens with zero attached hydrogens (tertiary/aromatic N) is 3. The minimum Gasteiger partial charge on any atom is -0.495 e. The Labute approximate surface area is 246 Å². The molecular weight excluding hydrogens is 569 g/mol. The van der Waals surface area contributed by atoms with Gasteiger partial charge in [0.05, 0.1) is 37.6 Å². The maximum absolute atomic E-state index is 13.9. The summed E-state index contributed by atoms with van der Waals surface area (Å²) in [6, 6.07) is 15.5. The van der Waals surface area contributed by atoms with Crippen LogP contribution < -0.4 is 29.6 Å². The zero-order chi connectivity index (χ0) is 29.1. The fraction of sp³-hybridized carbons (Fsp3) is 0.207. The normalized spacial score (nSPS) is 14.1. The number of carbonyl (C=O) groups excluding carboxylic acids is 1. The largest absolute Gasteiger partial charge is 0.495 e. The van der Waals surface area contributed by atoms with E-state index in [2.05, 4.69) is 20.7 Å². The van der Waals surface area contributed by atoms with Crippen molar-refractivity contribution in [2.75, 3.05) is 32.0 Å². The molecule has 0 aliphatic carbocycles. The highest BCUT2D eigenvalue weighted by Gasteiger charge is 2.34. The molecule has 2 heterocycles. The minimum absolute atomic E-state index is 0.259. The fourth-order valence-corrected chi connectivity index (χ4v) is 5.01. The molecule has 1 atom stereocenters. The van der Waals surface area contributed by atoms with Gasteiger partial charge < -0.3 is 29.6 Å². The maximum atomic E-state index is 13.9. The molecule has 212 valence electrons. The molecule has 41 heavy (non-hydrogen) atoms. The summed E-state index contributed by atoms with van der Waals surface area (Å²) < 4.78 is 24.1. The van der Waals surface area contributed by atoms with Gasteiger partial charge in [-0.2, -0.15) is 10.1 Å². The number of carbonyl (C=O) groups is 1. The van der Waals surface area contributed by atoms with Crippen LogP contribution in [0.4, 0.5) is 11.6 Å². The lowest BCUT2D eigenvalue weighted by atomic mass is 9.94. The number of methoxy groups -OCH3 is 3. The van der Waals surface area contributed by atoms with E-state index in [0.29, 0.717) is 55.9 Å². The van der Waals surface area contributed by atoms with Crippen LogP contribution in [0, 0.1) is 0 Å². The quantitative estimate of drug-likeness (QED) is 0.238.